The summed E-state index contributed by atoms with van der Waals surface area (Å²) in [4.78, 5) is 0. The summed E-state index contributed by atoms with van der Waals surface area (Å²) in [7, 11) is 3.34. The second kappa shape index (κ2) is 9.91. The SMILES string of the molecule is COc1ccc(-c2nn(-c3ccc(OCc4ccccc4)cc3)c3c2CCCCN3)c(OC)c1. The number of hydrogen-bond donors (Lipinski definition) is 1. The number of aromatic nitrogens is 2. The summed E-state index contributed by atoms with van der Waals surface area (Å²) < 4.78 is 19.0. The standard InChI is InChI=1S/C28H29N3O3/c1-32-23-15-16-24(26(18-23)33-2)27-25-10-6-7-17-29-28(25)31(30-27)21-11-13-22(14-12-21)34-19-20-8-4-3-5-9-20/h3-5,8-9,11-16,18,29H,6-7,10,17,19H2,1-2H3. The maximum atomic E-state index is 5.97. The van der Waals surface area contributed by atoms with Crippen LogP contribution in [0.1, 0.15) is 24.0 Å². The normalized spacial score (nSPS) is 12.9. The van der Waals surface area contributed by atoms with E-state index in [1.165, 1.54) is 5.56 Å². The van der Waals surface area contributed by atoms with Crippen LogP contribution in [-0.2, 0) is 13.0 Å². The maximum Gasteiger partial charge on any atom is 0.133 e. The van der Waals surface area contributed by atoms with E-state index in [9.17, 15) is 0 Å². The lowest BCUT2D eigenvalue weighted by Crippen LogP contribution is -2.07. The fraction of sp³-hybridized carbons (Fsp3) is 0.250. The Bertz CT molecular complexity index is 1250. The van der Waals surface area contributed by atoms with Crippen molar-refractivity contribution in [3.63, 3.8) is 0 Å². The third-order valence-electron chi connectivity index (χ3n) is 6.12. The molecule has 0 spiro atoms. The van der Waals surface area contributed by atoms with Crippen molar-refractivity contribution in [3.8, 4) is 34.2 Å². The average molecular weight is 456 g/mol. The van der Waals surface area contributed by atoms with E-state index in [-0.39, 0.29) is 0 Å². The van der Waals surface area contributed by atoms with Crippen LogP contribution in [0.15, 0.2) is 72.8 Å². The van der Waals surface area contributed by atoms with Crippen LogP contribution in [0.4, 0.5) is 5.82 Å². The summed E-state index contributed by atoms with van der Waals surface area (Å²) >= 11 is 0. The molecule has 0 radical (unpaired) electrons. The van der Waals surface area contributed by atoms with Gasteiger partial charge in [0.25, 0.3) is 0 Å². The molecule has 34 heavy (non-hydrogen) atoms. The number of methoxy groups -OCH3 is 2. The summed E-state index contributed by atoms with van der Waals surface area (Å²) in [5.74, 6) is 3.38. The van der Waals surface area contributed by atoms with Gasteiger partial charge in [-0.05, 0) is 61.2 Å². The number of benzene rings is 3. The third kappa shape index (κ3) is 4.44. The highest BCUT2D eigenvalue weighted by Gasteiger charge is 2.24. The summed E-state index contributed by atoms with van der Waals surface area (Å²) in [6.07, 6.45) is 3.20. The van der Waals surface area contributed by atoms with Gasteiger partial charge in [-0.3, -0.25) is 0 Å². The first kappa shape index (κ1) is 21.9. The molecule has 0 fully saturated rings. The van der Waals surface area contributed by atoms with Crippen molar-refractivity contribution in [2.45, 2.75) is 25.9 Å². The maximum absolute atomic E-state index is 5.97. The van der Waals surface area contributed by atoms with Crippen LogP contribution < -0.4 is 19.5 Å². The van der Waals surface area contributed by atoms with Gasteiger partial charge >= 0.3 is 0 Å². The zero-order chi connectivity index (χ0) is 23.3. The first-order valence-corrected chi connectivity index (χ1v) is 11.6. The lowest BCUT2D eigenvalue weighted by Gasteiger charge is -2.11. The summed E-state index contributed by atoms with van der Waals surface area (Å²) in [5.41, 5.74) is 5.24. The van der Waals surface area contributed by atoms with Crippen molar-refractivity contribution in [1.29, 1.82) is 0 Å². The number of anilines is 1. The lowest BCUT2D eigenvalue weighted by molar-refractivity contribution is 0.306. The van der Waals surface area contributed by atoms with Gasteiger partial charge in [0, 0.05) is 23.7 Å². The minimum Gasteiger partial charge on any atom is -0.497 e. The van der Waals surface area contributed by atoms with Crippen LogP contribution in [0.25, 0.3) is 16.9 Å². The number of nitrogens with one attached hydrogen (secondary N) is 1. The molecule has 0 bridgehead atoms. The van der Waals surface area contributed by atoms with Crippen molar-refractivity contribution in [1.82, 2.24) is 9.78 Å². The minimum absolute atomic E-state index is 0.542. The van der Waals surface area contributed by atoms with E-state index in [4.69, 9.17) is 19.3 Å². The van der Waals surface area contributed by atoms with Crippen molar-refractivity contribution in [2.24, 2.45) is 0 Å². The van der Waals surface area contributed by atoms with E-state index in [1.54, 1.807) is 14.2 Å². The molecule has 3 aromatic carbocycles. The van der Waals surface area contributed by atoms with Gasteiger partial charge in [-0.1, -0.05) is 30.3 Å². The number of nitrogens with zero attached hydrogens (tertiary/aromatic N) is 2. The molecule has 0 unspecified atom stereocenters. The van der Waals surface area contributed by atoms with Crippen molar-refractivity contribution in [2.75, 3.05) is 26.1 Å². The first-order valence-electron chi connectivity index (χ1n) is 11.6. The molecule has 6 nitrogen and oxygen atoms in total. The molecule has 1 N–H and O–H groups in total. The van der Waals surface area contributed by atoms with Crippen molar-refractivity contribution < 1.29 is 14.2 Å². The van der Waals surface area contributed by atoms with Gasteiger partial charge in [-0.25, -0.2) is 4.68 Å². The molecule has 1 aliphatic rings. The number of ether oxygens (including phenoxy) is 3. The average Bonchev–Trinajstić information content (AvgIpc) is 3.07. The van der Waals surface area contributed by atoms with Gasteiger partial charge < -0.3 is 19.5 Å². The molecule has 0 atom stereocenters. The number of hydrogen-bond acceptors (Lipinski definition) is 5. The fourth-order valence-electron chi connectivity index (χ4n) is 4.32. The van der Waals surface area contributed by atoms with Crippen molar-refractivity contribution >= 4 is 5.82 Å². The molecule has 0 amide bonds. The molecule has 0 saturated heterocycles. The van der Waals surface area contributed by atoms with Crippen LogP contribution in [0.2, 0.25) is 0 Å². The zero-order valence-corrected chi connectivity index (χ0v) is 19.6. The molecule has 0 aliphatic carbocycles. The van der Waals surface area contributed by atoms with E-state index in [0.29, 0.717) is 6.61 Å². The summed E-state index contributed by atoms with van der Waals surface area (Å²) in [6, 6.07) is 24.2. The molecule has 6 heteroatoms. The van der Waals surface area contributed by atoms with E-state index in [1.807, 2.05) is 53.2 Å². The lowest BCUT2D eigenvalue weighted by atomic mass is 10.0. The molecule has 174 valence electrons. The molecule has 2 heterocycles. The van der Waals surface area contributed by atoms with Gasteiger partial charge in [0.2, 0.25) is 0 Å². The Labute approximate surface area is 200 Å². The quantitative estimate of drug-likeness (QED) is 0.377. The Balaban J connectivity index is 1.48. The van der Waals surface area contributed by atoms with Crippen LogP contribution in [0, 0.1) is 0 Å². The monoisotopic (exact) mass is 455 g/mol. The highest BCUT2D eigenvalue weighted by atomic mass is 16.5. The Hall–Kier alpha value is -3.93. The molecular formula is C28H29N3O3. The number of fused-ring (bicyclic) bond motifs is 1. The molecule has 5 rings (SSSR count). The predicted molar refractivity (Wildman–Crippen MR) is 134 cm³/mol. The predicted octanol–water partition coefficient (Wildman–Crippen LogP) is 5.88. The number of rotatable bonds is 7. The molecule has 1 aliphatic heterocycles. The smallest absolute Gasteiger partial charge is 0.133 e. The van der Waals surface area contributed by atoms with Gasteiger partial charge in [0.15, 0.2) is 0 Å². The van der Waals surface area contributed by atoms with Crippen molar-refractivity contribution in [3.05, 3.63) is 83.9 Å². The highest BCUT2D eigenvalue weighted by Crippen LogP contribution is 2.39. The molecule has 0 saturated carbocycles. The molecule has 4 aromatic rings. The zero-order valence-electron chi connectivity index (χ0n) is 19.6. The Kier molecular flexibility index (Phi) is 6.38. The van der Waals surface area contributed by atoms with E-state index >= 15 is 0 Å². The summed E-state index contributed by atoms with van der Waals surface area (Å²) in [6.45, 7) is 1.47. The van der Waals surface area contributed by atoms with Crippen LogP contribution in [0.5, 0.6) is 17.2 Å². The largest absolute Gasteiger partial charge is 0.497 e. The third-order valence-corrected chi connectivity index (χ3v) is 6.12. The second-order valence-corrected chi connectivity index (χ2v) is 8.31. The fourth-order valence-corrected chi connectivity index (χ4v) is 4.32. The Morgan fingerprint density at radius 1 is 0.882 bits per heavy atom. The van der Waals surface area contributed by atoms with Gasteiger partial charge in [0.05, 0.1) is 19.9 Å². The van der Waals surface area contributed by atoms with E-state index in [2.05, 4.69) is 29.6 Å². The van der Waals surface area contributed by atoms with E-state index in [0.717, 1.165) is 71.4 Å². The first-order chi connectivity index (χ1) is 16.8. The van der Waals surface area contributed by atoms with Crippen LogP contribution >= 0.6 is 0 Å². The summed E-state index contributed by atoms with van der Waals surface area (Å²) in [5, 5.41) is 8.66. The van der Waals surface area contributed by atoms with Crippen LogP contribution in [0.3, 0.4) is 0 Å². The van der Waals surface area contributed by atoms with Gasteiger partial charge in [0.1, 0.15) is 35.4 Å². The van der Waals surface area contributed by atoms with Crippen LogP contribution in [-0.4, -0.2) is 30.5 Å². The van der Waals surface area contributed by atoms with E-state index < -0.39 is 0 Å². The Morgan fingerprint density at radius 3 is 2.44 bits per heavy atom. The molecular weight excluding hydrogens is 426 g/mol. The Morgan fingerprint density at radius 2 is 1.68 bits per heavy atom. The van der Waals surface area contributed by atoms with Gasteiger partial charge in [-0.15, -0.1) is 0 Å². The topological polar surface area (TPSA) is 57.5 Å². The minimum atomic E-state index is 0.542. The molecule has 1 aromatic heterocycles. The second-order valence-electron chi connectivity index (χ2n) is 8.31. The highest BCUT2D eigenvalue weighted by molar-refractivity contribution is 5.76. The van der Waals surface area contributed by atoms with Gasteiger partial charge in [-0.2, -0.15) is 5.10 Å².